The largest absolute Gasteiger partial charge is 0.457 e. The number of sulfone groups is 1. The van der Waals surface area contributed by atoms with Crippen molar-refractivity contribution >= 4 is 21.6 Å². The molecule has 0 spiro atoms. The highest BCUT2D eigenvalue weighted by Crippen LogP contribution is 2.32. The maximum atomic E-state index is 11.8. The quantitative estimate of drug-likeness (QED) is 0.570. The zero-order chi connectivity index (χ0) is 19.6. The van der Waals surface area contributed by atoms with E-state index in [4.69, 9.17) is 4.74 Å². The summed E-state index contributed by atoms with van der Waals surface area (Å²) in [5.41, 5.74) is 1.06. The molecule has 28 heavy (non-hydrogen) atoms. The van der Waals surface area contributed by atoms with Gasteiger partial charge in [0.05, 0.1) is 11.5 Å². The Kier molecular flexibility index (Phi) is 5.41. The molecule has 0 aliphatic carbocycles. The van der Waals surface area contributed by atoms with Crippen LogP contribution in [0.25, 0.3) is 0 Å². The van der Waals surface area contributed by atoms with Crippen LogP contribution in [0.4, 0.5) is 0 Å². The molecule has 0 N–H and O–H groups in total. The first kappa shape index (κ1) is 19.0. The van der Waals surface area contributed by atoms with E-state index in [1.54, 1.807) is 11.8 Å². The van der Waals surface area contributed by atoms with Crippen LogP contribution < -0.4 is 4.74 Å². The predicted molar refractivity (Wildman–Crippen MR) is 110 cm³/mol. The number of benzene rings is 2. The topological polar surface area (TPSA) is 74.1 Å². The molecule has 146 valence electrons. The lowest BCUT2D eigenvalue weighted by atomic mass is 10.1. The van der Waals surface area contributed by atoms with Crippen molar-refractivity contribution in [1.29, 1.82) is 0 Å². The van der Waals surface area contributed by atoms with Crippen molar-refractivity contribution in [2.45, 2.75) is 23.2 Å². The standard InChI is InChI=1S/C20H21N3O3S2/c1-23-19(16-11-12-28(24,25)14-16)21-22-20(23)27-13-15-7-5-6-10-18(15)26-17-8-3-2-4-9-17/h2-10,16H,11-14H2,1H3. The molecule has 0 radical (unpaired) electrons. The van der Waals surface area contributed by atoms with Crippen molar-refractivity contribution < 1.29 is 13.2 Å². The van der Waals surface area contributed by atoms with Gasteiger partial charge in [-0.25, -0.2) is 8.42 Å². The third-order valence-electron chi connectivity index (χ3n) is 4.77. The zero-order valence-electron chi connectivity index (χ0n) is 15.5. The molecule has 8 heteroatoms. The van der Waals surface area contributed by atoms with E-state index in [9.17, 15) is 8.42 Å². The molecule has 1 aromatic heterocycles. The minimum atomic E-state index is -2.95. The summed E-state index contributed by atoms with van der Waals surface area (Å²) >= 11 is 1.56. The molecule has 6 nitrogen and oxygen atoms in total. The van der Waals surface area contributed by atoms with E-state index in [2.05, 4.69) is 10.2 Å². The van der Waals surface area contributed by atoms with Gasteiger partial charge < -0.3 is 9.30 Å². The van der Waals surface area contributed by atoms with Gasteiger partial charge in [0.1, 0.15) is 17.3 Å². The van der Waals surface area contributed by atoms with Gasteiger partial charge in [0.15, 0.2) is 15.0 Å². The molecule has 2 heterocycles. The highest BCUT2D eigenvalue weighted by molar-refractivity contribution is 7.98. The van der Waals surface area contributed by atoms with Crippen LogP contribution in [-0.4, -0.2) is 34.7 Å². The summed E-state index contributed by atoms with van der Waals surface area (Å²) in [6.45, 7) is 0. The number of para-hydroxylation sites is 2. The fourth-order valence-corrected chi connectivity index (χ4v) is 5.93. The molecule has 1 aliphatic rings. The summed E-state index contributed by atoms with van der Waals surface area (Å²) in [7, 11) is -1.05. The van der Waals surface area contributed by atoms with E-state index in [-0.39, 0.29) is 17.4 Å². The van der Waals surface area contributed by atoms with E-state index in [0.717, 1.165) is 28.0 Å². The van der Waals surface area contributed by atoms with Crippen LogP contribution in [-0.2, 0) is 22.6 Å². The molecule has 0 saturated carbocycles. The second-order valence-electron chi connectivity index (χ2n) is 6.81. The third kappa shape index (κ3) is 4.23. The zero-order valence-corrected chi connectivity index (χ0v) is 17.1. The number of hydrogen-bond acceptors (Lipinski definition) is 6. The van der Waals surface area contributed by atoms with Gasteiger partial charge in [0.25, 0.3) is 0 Å². The van der Waals surface area contributed by atoms with Crippen LogP contribution in [0.5, 0.6) is 11.5 Å². The highest BCUT2D eigenvalue weighted by Gasteiger charge is 2.32. The van der Waals surface area contributed by atoms with Crippen molar-refractivity contribution in [3.05, 3.63) is 66.0 Å². The van der Waals surface area contributed by atoms with Gasteiger partial charge in [-0.15, -0.1) is 10.2 Å². The second-order valence-corrected chi connectivity index (χ2v) is 9.98. The number of aromatic nitrogens is 3. The van der Waals surface area contributed by atoms with E-state index < -0.39 is 9.84 Å². The van der Waals surface area contributed by atoms with Crippen molar-refractivity contribution in [1.82, 2.24) is 14.8 Å². The molecule has 1 fully saturated rings. The van der Waals surface area contributed by atoms with Gasteiger partial charge in [0, 0.05) is 24.3 Å². The molecule has 2 aromatic carbocycles. The number of hydrogen-bond donors (Lipinski definition) is 0. The summed E-state index contributed by atoms with van der Waals surface area (Å²) in [6, 6.07) is 17.6. The minimum Gasteiger partial charge on any atom is -0.457 e. The van der Waals surface area contributed by atoms with E-state index in [0.29, 0.717) is 12.2 Å². The van der Waals surface area contributed by atoms with E-state index >= 15 is 0 Å². The Labute approximate surface area is 168 Å². The van der Waals surface area contributed by atoms with Crippen LogP contribution in [0.1, 0.15) is 23.7 Å². The van der Waals surface area contributed by atoms with Crippen molar-refractivity contribution in [2.75, 3.05) is 11.5 Å². The maximum absolute atomic E-state index is 11.8. The first-order chi connectivity index (χ1) is 13.5. The lowest BCUT2D eigenvalue weighted by molar-refractivity contribution is 0.478. The molecular formula is C20H21N3O3S2. The summed E-state index contributed by atoms with van der Waals surface area (Å²) in [6.07, 6.45) is 0.618. The normalized spacial score (nSPS) is 18.2. The van der Waals surface area contributed by atoms with Crippen LogP contribution in [0.15, 0.2) is 59.8 Å². The first-order valence-electron chi connectivity index (χ1n) is 9.05. The smallest absolute Gasteiger partial charge is 0.191 e. The lowest BCUT2D eigenvalue weighted by Crippen LogP contribution is -2.09. The van der Waals surface area contributed by atoms with E-state index in [1.165, 1.54) is 0 Å². The van der Waals surface area contributed by atoms with E-state index in [1.807, 2.05) is 66.2 Å². The van der Waals surface area contributed by atoms with Crippen LogP contribution in [0.3, 0.4) is 0 Å². The summed E-state index contributed by atoms with van der Waals surface area (Å²) < 4.78 is 31.4. The number of ether oxygens (including phenoxy) is 1. The highest BCUT2D eigenvalue weighted by atomic mass is 32.2. The average Bonchev–Trinajstić information content (AvgIpc) is 3.23. The third-order valence-corrected chi connectivity index (χ3v) is 7.60. The Morgan fingerprint density at radius 1 is 1.11 bits per heavy atom. The summed E-state index contributed by atoms with van der Waals surface area (Å²) in [4.78, 5) is 0. The van der Waals surface area contributed by atoms with Crippen molar-refractivity contribution in [3.8, 4) is 11.5 Å². The summed E-state index contributed by atoms with van der Waals surface area (Å²) in [5.74, 6) is 3.36. The predicted octanol–water partition coefficient (Wildman–Crippen LogP) is 3.80. The molecule has 0 amide bonds. The van der Waals surface area contributed by atoms with Gasteiger partial charge >= 0.3 is 0 Å². The first-order valence-corrected chi connectivity index (χ1v) is 11.9. The Hall–Kier alpha value is -2.32. The molecule has 4 rings (SSSR count). The van der Waals surface area contributed by atoms with Crippen LogP contribution in [0, 0.1) is 0 Å². The van der Waals surface area contributed by atoms with Gasteiger partial charge in [-0.3, -0.25) is 0 Å². The molecule has 1 saturated heterocycles. The lowest BCUT2D eigenvalue weighted by Gasteiger charge is -2.11. The second kappa shape index (κ2) is 7.97. The molecular weight excluding hydrogens is 394 g/mol. The number of thioether (sulfide) groups is 1. The van der Waals surface area contributed by atoms with Gasteiger partial charge in [-0.1, -0.05) is 48.2 Å². The Bertz CT molecular complexity index is 1070. The Morgan fingerprint density at radius 3 is 2.61 bits per heavy atom. The van der Waals surface area contributed by atoms with Crippen molar-refractivity contribution in [3.63, 3.8) is 0 Å². The summed E-state index contributed by atoms with van der Waals surface area (Å²) in [5, 5.41) is 9.31. The molecule has 3 aromatic rings. The van der Waals surface area contributed by atoms with Gasteiger partial charge in [-0.2, -0.15) is 0 Å². The average molecular weight is 416 g/mol. The molecule has 1 unspecified atom stereocenters. The molecule has 1 aliphatic heterocycles. The maximum Gasteiger partial charge on any atom is 0.191 e. The Morgan fingerprint density at radius 2 is 1.86 bits per heavy atom. The fourth-order valence-electron chi connectivity index (χ4n) is 3.29. The minimum absolute atomic E-state index is 0.0643. The van der Waals surface area contributed by atoms with Crippen LogP contribution in [0.2, 0.25) is 0 Å². The number of rotatable bonds is 6. The number of nitrogens with zero attached hydrogens (tertiary/aromatic N) is 3. The SMILES string of the molecule is Cn1c(SCc2ccccc2Oc2ccccc2)nnc1C1CCS(=O)(=O)C1. The fraction of sp³-hybridized carbons (Fsp3) is 0.300. The van der Waals surface area contributed by atoms with Gasteiger partial charge in [0.2, 0.25) is 0 Å². The molecule has 1 atom stereocenters. The Balaban J connectivity index is 1.47. The van der Waals surface area contributed by atoms with Crippen LogP contribution >= 0.6 is 11.8 Å². The monoisotopic (exact) mass is 415 g/mol. The van der Waals surface area contributed by atoms with Crippen molar-refractivity contribution in [2.24, 2.45) is 7.05 Å². The van der Waals surface area contributed by atoms with Gasteiger partial charge in [-0.05, 0) is 24.6 Å². The molecule has 0 bridgehead atoms.